The van der Waals surface area contributed by atoms with Gasteiger partial charge in [0.15, 0.2) is 0 Å². The molecule has 0 unspecified atom stereocenters. The molecule has 3 rings (SSSR count). The molecule has 0 aliphatic carbocycles. The van der Waals surface area contributed by atoms with Crippen molar-refractivity contribution in [3.8, 4) is 11.4 Å². The van der Waals surface area contributed by atoms with Crippen LogP contribution in [0.2, 0.25) is 0 Å². The second-order valence-corrected chi connectivity index (χ2v) is 4.70. The molecule has 3 aromatic rings. The van der Waals surface area contributed by atoms with Crippen LogP contribution in [0.25, 0.3) is 22.4 Å². The molecular formula is C14H11F3N4. The third kappa shape index (κ3) is 2.31. The van der Waals surface area contributed by atoms with Gasteiger partial charge in [0, 0.05) is 24.5 Å². The number of halogens is 3. The van der Waals surface area contributed by atoms with Gasteiger partial charge in [-0.2, -0.15) is 13.2 Å². The molecule has 4 nitrogen and oxygen atoms in total. The number of pyridine rings is 1. The summed E-state index contributed by atoms with van der Waals surface area (Å²) in [5.74, 6) is 0.413. The van der Waals surface area contributed by atoms with Gasteiger partial charge in [0.2, 0.25) is 0 Å². The van der Waals surface area contributed by atoms with Crippen LogP contribution < -0.4 is 5.73 Å². The highest BCUT2D eigenvalue weighted by molar-refractivity contribution is 5.80. The van der Waals surface area contributed by atoms with Crippen molar-refractivity contribution in [3.63, 3.8) is 0 Å². The fourth-order valence-electron chi connectivity index (χ4n) is 2.25. The van der Waals surface area contributed by atoms with Crippen LogP contribution in [0.3, 0.4) is 0 Å². The third-order valence-corrected chi connectivity index (χ3v) is 3.22. The highest BCUT2D eigenvalue weighted by Crippen LogP contribution is 2.34. The van der Waals surface area contributed by atoms with E-state index in [1.54, 1.807) is 30.1 Å². The van der Waals surface area contributed by atoms with Crippen molar-refractivity contribution >= 4 is 16.7 Å². The fourth-order valence-corrected chi connectivity index (χ4v) is 2.25. The number of rotatable bonds is 1. The number of hydrogen-bond acceptors (Lipinski definition) is 3. The maximum absolute atomic E-state index is 12.9. The van der Waals surface area contributed by atoms with Crippen LogP contribution in [0.4, 0.5) is 18.9 Å². The molecule has 21 heavy (non-hydrogen) atoms. The molecule has 2 aromatic heterocycles. The van der Waals surface area contributed by atoms with E-state index in [0.717, 1.165) is 17.6 Å². The zero-order valence-corrected chi connectivity index (χ0v) is 11.0. The monoisotopic (exact) mass is 292 g/mol. The van der Waals surface area contributed by atoms with E-state index in [-0.39, 0.29) is 5.69 Å². The molecule has 0 aliphatic rings. The number of nitrogens with two attached hydrogens (primary N) is 1. The van der Waals surface area contributed by atoms with Gasteiger partial charge in [-0.3, -0.25) is 4.98 Å². The number of nitrogens with zero attached hydrogens (tertiary/aromatic N) is 3. The summed E-state index contributed by atoms with van der Waals surface area (Å²) in [6.45, 7) is 0. The van der Waals surface area contributed by atoms with E-state index >= 15 is 0 Å². The van der Waals surface area contributed by atoms with E-state index in [9.17, 15) is 13.2 Å². The SMILES string of the molecule is Cn1c(-c2cc(N)cc(C(F)(F)F)c2)nc2cnccc21. The van der Waals surface area contributed by atoms with Gasteiger partial charge in [-0.05, 0) is 24.3 Å². The molecule has 0 atom stereocenters. The average Bonchev–Trinajstić information content (AvgIpc) is 2.75. The van der Waals surface area contributed by atoms with Crippen molar-refractivity contribution in [2.75, 3.05) is 5.73 Å². The summed E-state index contributed by atoms with van der Waals surface area (Å²) < 4.78 is 40.3. The van der Waals surface area contributed by atoms with Crippen LogP contribution in [0, 0.1) is 0 Å². The average molecular weight is 292 g/mol. The van der Waals surface area contributed by atoms with Gasteiger partial charge in [-0.25, -0.2) is 4.98 Å². The Balaban J connectivity index is 2.23. The molecule has 2 heterocycles. The summed E-state index contributed by atoms with van der Waals surface area (Å²) >= 11 is 0. The zero-order chi connectivity index (χ0) is 15.2. The normalized spacial score (nSPS) is 12.0. The second-order valence-electron chi connectivity index (χ2n) is 4.70. The molecule has 0 amide bonds. The number of alkyl halides is 3. The predicted octanol–water partition coefficient (Wildman–Crippen LogP) is 3.24. The van der Waals surface area contributed by atoms with E-state index in [0.29, 0.717) is 16.9 Å². The van der Waals surface area contributed by atoms with Crippen molar-refractivity contribution in [2.45, 2.75) is 6.18 Å². The maximum Gasteiger partial charge on any atom is 0.416 e. The van der Waals surface area contributed by atoms with E-state index in [2.05, 4.69) is 9.97 Å². The smallest absolute Gasteiger partial charge is 0.399 e. The topological polar surface area (TPSA) is 56.7 Å². The van der Waals surface area contributed by atoms with Gasteiger partial charge in [0.25, 0.3) is 0 Å². The molecule has 0 saturated heterocycles. The minimum Gasteiger partial charge on any atom is -0.399 e. The number of aromatic nitrogens is 3. The van der Waals surface area contributed by atoms with Crippen LogP contribution >= 0.6 is 0 Å². The second kappa shape index (κ2) is 4.47. The molecule has 0 spiro atoms. The lowest BCUT2D eigenvalue weighted by atomic mass is 10.1. The third-order valence-electron chi connectivity index (χ3n) is 3.22. The van der Waals surface area contributed by atoms with Crippen LogP contribution in [-0.2, 0) is 13.2 Å². The van der Waals surface area contributed by atoms with E-state index < -0.39 is 11.7 Å². The summed E-state index contributed by atoms with van der Waals surface area (Å²) in [4.78, 5) is 8.28. The largest absolute Gasteiger partial charge is 0.416 e. The Bertz CT molecular complexity index is 821. The minimum absolute atomic E-state index is 0.0463. The zero-order valence-electron chi connectivity index (χ0n) is 11.0. The van der Waals surface area contributed by atoms with Gasteiger partial charge < -0.3 is 10.3 Å². The first-order chi connectivity index (χ1) is 9.86. The summed E-state index contributed by atoms with van der Waals surface area (Å²) in [7, 11) is 1.74. The minimum atomic E-state index is -4.45. The molecule has 1 aromatic carbocycles. The first kappa shape index (κ1) is 13.4. The van der Waals surface area contributed by atoms with Gasteiger partial charge in [-0.1, -0.05) is 0 Å². The van der Waals surface area contributed by atoms with E-state index in [1.165, 1.54) is 6.07 Å². The Kier molecular flexibility index (Phi) is 2.86. The molecule has 0 radical (unpaired) electrons. The van der Waals surface area contributed by atoms with Crippen LogP contribution in [0.15, 0.2) is 36.7 Å². The van der Waals surface area contributed by atoms with Crippen molar-refractivity contribution in [2.24, 2.45) is 7.05 Å². The van der Waals surface area contributed by atoms with Crippen molar-refractivity contribution in [1.82, 2.24) is 14.5 Å². The lowest BCUT2D eigenvalue weighted by molar-refractivity contribution is -0.137. The van der Waals surface area contributed by atoms with Gasteiger partial charge in [0.1, 0.15) is 11.3 Å². The number of aryl methyl sites for hydroxylation is 1. The summed E-state index contributed by atoms with van der Waals surface area (Å²) in [5.41, 5.74) is 6.57. The molecule has 7 heteroatoms. The Morgan fingerprint density at radius 3 is 2.62 bits per heavy atom. The highest BCUT2D eigenvalue weighted by Gasteiger charge is 2.31. The summed E-state index contributed by atoms with van der Waals surface area (Å²) in [5, 5.41) is 0. The Labute approximate surface area is 118 Å². The molecule has 0 aliphatic heterocycles. The number of benzene rings is 1. The maximum atomic E-state index is 12.9. The van der Waals surface area contributed by atoms with Crippen LogP contribution in [0.1, 0.15) is 5.56 Å². The first-order valence-corrected chi connectivity index (χ1v) is 6.11. The molecule has 108 valence electrons. The van der Waals surface area contributed by atoms with Gasteiger partial charge in [0.05, 0.1) is 17.3 Å². The van der Waals surface area contributed by atoms with E-state index in [1.807, 2.05) is 0 Å². The van der Waals surface area contributed by atoms with Gasteiger partial charge >= 0.3 is 6.18 Å². The quantitative estimate of drug-likeness (QED) is 0.700. The van der Waals surface area contributed by atoms with Gasteiger partial charge in [-0.15, -0.1) is 0 Å². The summed E-state index contributed by atoms with van der Waals surface area (Å²) in [6, 6.07) is 5.19. The summed E-state index contributed by atoms with van der Waals surface area (Å²) in [6.07, 6.45) is -1.28. The molecule has 2 N–H and O–H groups in total. The number of nitrogen functional groups attached to an aromatic ring is 1. The lowest BCUT2D eigenvalue weighted by Crippen LogP contribution is -2.06. The predicted molar refractivity (Wildman–Crippen MR) is 73.4 cm³/mol. The number of imidazole rings is 1. The molecule has 0 fully saturated rings. The van der Waals surface area contributed by atoms with E-state index in [4.69, 9.17) is 5.73 Å². The molecule has 0 saturated carbocycles. The standard InChI is InChI=1S/C14H11F3N4/c1-21-12-2-3-19-7-11(12)20-13(21)8-4-9(14(15,16)17)6-10(18)5-8/h2-7H,18H2,1H3. The number of hydrogen-bond donors (Lipinski definition) is 1. The van der Waals surface area contributed by atoms with Crippen molar-refractivity contribution in [1.29, 1.82) is 0 Å². The Morgan fingerprint density at radius 1 is 1.19 bits per heavy atom. The first-order valence-electron chi connectivity index (χ1n) is 6.11. The molecular weight excluding hydrogens is 281 g/mol. The van der Waals surface area contributed by atoms with Crippen molar-refractivity contribution in [3.05, 3.63) is 42.2 Å². The highest BCUT2D eigenvalue weighted by atomic mass is 19.4. The number of anilines is 1. The van der Waals surface area contributed by atoms with Crippen molar-refractivity contribution < 1.29 is 13.2 Å². The fraction of sp³-hybridized carbons (Fsp3) is 0.143. The number of fused-ring (bicyclic) bond motifs is 1. The Morgan fingerprint density at radius 2 is 1.95 bits per heavy atom. The Hall–Kier alpha value is -2.57. The van der Waals surface area contributed by atoms with Crippen LogP contribution in [0.5, 0.6) is 0 Å². The lowest BCUT2D eigenvalue weighted by Gasteiger charge is -2.10. The van der Waals surface area contributed by atoms with Crippen LogP contribution in [-0.4, -0.2) is 14.5 Å². The molecule has 0 bridgehead atoms.